The Kier molecular flexibility index (Phi) is 3.72. The Balaban J connectivity index is 1.41. The molecule has 5 nitrogen and oxygen atoms in total. The minimum atomic E-state index is 0.542. The molecule has 0 bridgehead atoms. The highest BCUT2D eigenvalue weighted by atomic mass is 16.5. The van der Waals surface area contributed by atoms with Gasteiger partial charge in [0.1, 0.15) is 11.5 Å². The lowest BCUT2D eigenvalue weighted by molar-refractivity contribution is 0.483. The van der Waals surface area contributed by atoms with Crippen LogP contribution in [0.25, 0.3) is 16.9 Å². The number of H-pyrrole nitrogens is 1. The zero-order chi connectivity index (χ0) is 17.3. The summed E-state index contributed by atoms with van der Waals surface area (Å²) in [5, 5.41) is 6.73. The van der Waals surface area contributed by atoms with E-state index in [1.54, 1.807) is 0 Å². The van der Waals surface area contributed by atoms with Crippen LogP contribution in [0.2, 0.25) is 0 Å². The average molecular weight is 344 g/mol. The number of ether oxygens (including phenoxy) is 1. The zero-order valence-electron chi connectivity index (χ0n) is 14.4. The lowest BCUT2D eigenvalue weighted by atomic mass is 10.0. The number of aromatic nitrogens is 3. The van der Waals surface area contributed by atoms with Gasteiger partial charge in [0.15, 0.2) is 5.65 Å². The van der Waals surface area contributed by atoms with Crippen molar-refractivity contribution in [2.45, 2.75) is 12.3 Å². The molecule has 2 aromatic heterocycles. The number of hydrogen-bond donors (Lipinski definition) is 2. The Morgan fingerprint density at radius 3 is 2.58 bits per heavy atom. The molecule has 0 aliphatic carbocycles. The van der Waals surface area contributed by atoms with Gasteiger partial charge in [-0.2, -0.15) is 0 Å². The van der Waals surface area contributed by atoms with Crippen LogP contribution >= 0.6 is 0 Å². The van der Waals surface area contributed by atoms with E-state index in [9.17, 15) is 0 Å². The molecule has 5 heteroatoms. The van der Waals surface area contributed by atoms with Crippen molar-refractivity contribution in [3.05, 3.63) is 72.6 Å². The van der Waals surface area contributed by atoms with Crippen molar-refractivity contribution >= 4 is 5.65 Å². The number of fused-ring (bicyclic) bond motifs is 1. The molecular formula is C21H20N4O. The van der Waals surface area contributed by atoms with Crippen molar-refractivity contribution in [2.24, 2.45) is 0 Å². The molecule has 130 valence electrons. The summed E-state index contributed by atoms with van der Waals surface area (Å²) in [5.41, 5.74) is 4.37. The first-order chi connectivity index (χ1) is 12.9. The monoisotopic (exact) mass is 344 g/mol. The van der Waals surface area contributed by atoms with Crippen molar-refractivity contribution in [2.75, 3.05) is 13.1 Å². The van der Waals surface area contributed by atoms with Gasteiger partial charge >= 0.3 is 0 Å². The molecule has 1 fully saturated rings. The fourth-order valence-electron chi connectivity index (χ4n) is 3.56. The molecule has 5 rings (SSSR count). The molecule has 3 heterocycles. The summed E-state index contributed by atoms with van der Waals surface area (Å²) in [6, 6.07) is 17.9. The molecule has 1 saturated heterocycles. The second kappa shape index (κ2) is 6.35. The van der Waals surface area contributed by atoms with Crippen molar-refractivity contribution in [3.63, 3.8) is 0 Å². The Morgan fingerprint density at radius 2 is 1.81 bits per heavy atom. The highest BCUT2D eigenvalue weighted by molar-refractivity contribution is 5.65. The standard InChI is InChI=1S/C21H20N4O/c1-2-4-17(5-3-1)26-18-8-6-15(7-9-18)20-14-25-21(24-20)19(13-23-25)16-10-11-22-12-16/h1-9,13-14,16,22-23H,10-12H2. The highest BCUT2D eigenvalue weighted by Crippen LogP contribution is 2.29. The summed E-state index contributed by atoms with van der Waals surface area (Å²) in [6.07, 6.45) is 5.30. The number of aromatic amines is 1. The van der Waals surface area contributed by atoms with E-state index in [0.29, 0.717) is 5.92 Å². The van der Waals surface area contributed by atoms with Gasteiger partial charge in [-0.05, 0) is 49.4 Å². The predicted molar refractivity (Wildman–Crippen MR) is 102 cm³/mol. The van der Waals surface area contributed by atoms with Crippen LogP contribution in [0.15, 0.2) is 67.0 Å². The first-order valence-electron chi connectivity index (χ1n) is 8.97. The number of rotatable bonds is 4. The minimum absolute atomic E-state index is 0.542. The first kappa shape index (κ1) is 15.2. The van der Waals surface area contributed by atoms with Gasteiger partial charge in [0.05, 0.1) is 11.9 Å². The van der Waals surface area contributed by atoms with Gasteiger partial charge in [0, 0.05) is 29.8 Å². The lowest BCUT2D eigenvalue weighted by Gasteiger charge is -2.06. The molecule has 0 spiro atoms. The van der Waals surface area contributed by atoms with E-state index in [0.717, 1.165) is 41.5 Å². The number of nitrogens with zero attached hydrogens (tertiary/aromatic N) is 2. The number of hydrogen-bond acceptors (Lipinski definition) is 3. The van der Waals surface area contributed by atoms with E-state index in [1.807, 2.05) is 53.2 Å². The Morgan fingerprint density at radius 1 is 1.00 bits per heavy atom. The predicted octanol–water partition coefficient (Wildman–Crippen LogP) is 4.20. The second-order valence-electron chi connectivity index (χ2n) is 6.68. The van der Waals surface area contributed by atoms with E-state index >= 15 is 0 Å². The SMILES string of the molecule is c1ccc(Oc2ccc(-c3cn4[nH]cc(C5CCNC5)c4n3)cc2)cc1. The Hall–Kier alpha value is -3.05. The van der Waals surface area contributed by atoms with Crippen LogP contribution < -0.4 is 10.1 Å². The fourth-order valence-corrected chi connectivity index (χ4v) is 3.56. The average Bonchev–Trinajstić information content (AvgIpc) is 3.40. The molecule has 26 heavy (non-hydrogen) atoms. The van der Waals surface area contributed by atoms with Crippen LogP contribution in [0.3, 0.4) is 0 Å². The van der Waals surface area contributed by atoms with Crippen LogP contribution in [0.4, 0.5) is 0 Å². The van der Waals surface area contributed by atoms with Gasteiger partial charge in [-0.25, -0.2) is 9.50 Å². The smallest absolute Gasteiger partial charge is 0.157 e. The molecule has 0 radical (unpaired) electrons. The maximum atomic E-state index is 5.86. The van der Waals surface area contributed by atoms with Crippen molar-refractivity contribution in [1.29, 1.82) is 0 Å². The zero-order valence-corrected chi connectivity index (χ0v) is 14.4. The van der Waals surface area contributed by atoms with Gasteiger partial charge in [-0.15, -0.1) is 0 Å². The quantitative estimate of drug-likeness (QED) is 0.583. The molecular weight excluding hydrogens is 324 g/mol. The molecule has 0 amide bonds. The Bertz CT molecular complexity index is 1010. The van der Waals surface area contributed by atoms with Crippen molar-refractivity contribution in [3.8, 4) is 22.8 Å². The third kappa shape index (κ3) is 2.76. The van der Waals surface area contributed by atoms with E-state index in [2.05, 4.69) is 28.7 Å². The van der Waals surface area contributed by atoms with Gasteiger partial charge < -0.3 is 10.1 Å². The molecule has 2 aromatic carbocycles. The normalized spacial score (nSPS) is 17.0. The molecule has 1 aliphatic rings. The summed E-state index contributed by atoms with van der Waals surface area (Å²) in [5.74, 6) is 2.20. The van der Waals surface area contributed by atoms with Gasteiger partial charge in [-0.1, -0.05) is 18.2 Å². The maximum Gasteiger partial charge on any atom is 0.157 e. The van der Waals surface area contributed by atoms with Gasteiger partial charge in [-0.3, -0.25) is 5.10 Å². The summed E-state index contributed by atoms with van der Waals surface area (Å²) in [6.45, 7) is 2.11. The van der Waals surface area contributed by atoms with Gasteiger partial charge in [0.25, 0.3) is 0 Å². The number of para-hydroxylation sites is 1. The van der Waals surface area contributed by atoms with E-state index in [4.69, 9.17) is 9.72 Å². The first-order valence-corrected chi connectivity index (χ1v) is 8.97. The summed E-state index contributed by atoms with van der Waals surface area (Å²) < 4.78 is 7.87. The third-order valence-electron chi connectivity index (χ3n) is 4.95. The largest absolute Gasteiger partial charge is 0.457 e. The summed E-state index contributed by atoms with van der Waals surface area (Å²) in [4.78, 5) is 4.86. The molecule has 0 saturated carbocycles. The number of imidazole rings is 1. The van der Waals surface area contributed by atoms with E-state index < -0.39 is 0 Å². The van der Waals surface area contributed by atoms with Crippen LogP contribution in [0, 0.1) is 0 Å². The van der Waals surface area contributed by atoms with E-state index in [-0.39, 0.29) is 0 Å². The molecule has 1 unspecified atom stereocenters. The molecule has 1 atom stereocenters. The topological polar surface area (TPSA) is 54.4 Å². The van der Waals surface area contributed by atoms with Crippen LogP contribution in [0.1, 0.15) is 17.9 Å². The second-order valence-corrected chi connectivity index (χ2v) is 6.68. The molecule has 4 aromatic rings. The minimum Gasteiger partial charge on any atom is -0.457 e. The third-order valence-corrected chi connectivity index (χ3v) is 4.95. The van der Waals surface area contributed by atoms with E-state index in [1.165, 1.54) is 12.0 Å². The molecule has 1 aliphatic heterocycles. The summed E-state index contributed by atoms with van der Waals surface area (Å²) >= 11 is 0. The molecule has 2 N–H and O–H groups in total. The number of benzene rings is 2. The fraction of sp³-hybridized carbons (Fsp3) is 0.190. The van der Waals surface area contributed by atoms with Crippen LogP contribution in [-0.4, -0.2) is 27.7 Å². The maximum absolute atomic E-state index is 5.86. The van der Waals surface area contributed by atoms with Crippen LogP contribution in [0.5, 0.6) is 11.5 Å². The van der Waals surface area contributed by atoms with Gasteiger partial charge in [0.2, 0.25) is 0 Å². The highest BCUT2D eigenvalue weighted by Gasteiger charge is 2.21. The summed E-state index contributed by atoms with van der Waals surface area (Å²) in [7, 11) is 0. The van der Waals surface area contributed by atoms with Crippen LogP contribution in [-0.2, 0) is 0 Å². The Labute approximate surface area is 151 Å². The lowest BCUT2D eigenvalue weighted by Crippen LogP contribution is -2.07. The van der Waals surface area contributed by atoms with Crippen molar-refractivity contribution < 1.29 is 4.74 Å². The van der Waals surface area contributed by atoms with Crippen molar-refractivity contribution in [1.82, 2.24) is 19.9 Å². The number of nitrogens with one attached hydrogen (secondary N) is 2.